The lowest BCUT2D eigenvalue weighted by Gasteiger charge is -2.07. The average molecular weight is 240 g/mol. The van der Waals surface area contributed by atoms with Crippen LogP contribution in [0.25, 0.3) is 11.3 Å². The molecule has 1 aromatic carbocycles. The standard InChI is InChI=1S/C11H7F3N2O/c12-11(13,14)8-3-1-2-7(6-8)9-4-5-10(17)16-15-9/h1-6H,(H,16,17). The van der Waals surface area contributed by atoms with E-state index < -0.39 is 17.3 Å². The molecule has 0 aliphatic carbocycles. The van der Waals surface area contributed by atoms with Crippen molar-refractivity contribution in [1.82, 2.24) is 10.2 Å². The van der Waals surface area contributed by atoms with Crippen LogP contribution < -0.4 is 5.56 Å². The molecule has 88 valence electrons. The summed E-state index contributed by atoms with van der Waals surface area (Å²) in [5.74, 6) is 0. The smallest absolute Gasteiger partial charge is 0.268 e. The van der Waals surface area contributed by atoms with Crippen molar-refractivity contribution in [2.24, 2.45) is 0 Å². The van der Waals surface area contributed by atoms with Crippen LogP contribution in [0.2, 0.25) is 0 Å². The molecule has 1 aromatic heterocycles. The van der Waals surface area contributed by atoms with Gasteiger partial charge in [-0.25, -0.2) is 5.10 Å². The van der Waals surface area contributed by atoms with Gasteiger partial charge < -0.3 is 0 Å². The third-order valence-electron chi connectivity index (χ3n) is 2.16. The highest BCUT2D eigenvalue weighted by Crippen LogP contribution is 2.31. The van der Waals surface area contributed by atoms with Gasteiger partial charge in [-0.05, 0) is 18.2 Å². The van der Waals surface area contributed by atoms with Crippen LogP contribution in [0.15, 0.2) is 41.2 Å². The van der Waals surface area contributed by atoms with Crippen molar-refractivity contribution in [3.8, 4) is 11.3 Å². The Morgan fingerprint density at radius 3 is 2.47 bits per heavy atom. The quantitative estimate of drug-likeness (QED) is 0.832. The maximum atomic E-state index is 12.5. The lowest BCUT2D eigenvalue weighted by molar-refractivity contribution is -0.137. The molecule has 1 N–H and O–H groups in total. The van der Waals surface area contributed by atoms with E-state index >= 15 is 0 Å². The maximum absolute atomic E-state index is 12.5. The minimum atomic E-state index is -4.39. The van der Waals surface area contributed by atoms with E-state index in [2.05, 4.69) is 10.2 Å². The fraction of sp³-hybridized carbons (Fsp3) is 0.0909. The van der Waals surface area contributed by atoms with Crippen LogP contribution in [0.3, 0.4) is 0 Å². The van der Waals surface area contributed by atoms with Gasteiger partial charge >= 0.3 is 6.18 Å². The summed E-state index contributed by atoms with van der Waals surface area (Å²) in [7, 11) is 0. The predicted molar refractivity (Wildman–Crippen MR) is 55.3 cm³/mol. The molecule has 6 heteroatoms. The third-order valence-corrected chi connectivity index (χ3v) is 2.16. The first-order valence-electron chi connectivity index (χ1n) is 4.70. The summed E-state index contributed by atoms with van der Waals surface area (Å²) in [6, 6.07) is 7.34. The molecule has 0 aliphatic heterocycles. The van der Waals surface area contributed by atoms with Crippen molar-refractivity contribution >= 4 is 0 Å². The van der Waals surface area contributed by atoms with E-state index in [4.69, 9.17) is 0 Å². The molecule has 17 heavy (non-hydrogen) atoms. The number of H-pyrrole nitrogens is 1. The van der Waals surface area contributed by atoms with Crippen LogP contribution in [0.4, 0.5) is 13.2 Å². The Balaban J connectivity index is 2.47. The molecular formula is C11H7F3N2O. The second-order valence-corrected chi connectivity index (χ2v) is 3.38. The molecule has 0 saturated heterocycles. The average Bonchev–Trinajstić information content (AvgIpc) is 2.29. The van der Waals surface area contributed by atoms with E-state index in [0.29, 0.717) is 5.56 Å². The monoisotopic (exact) mass is 240 g/mol. The summed E-state index contributed by atoms with van der Waals surface area (Å²) in [5, 5.41) is 5.84. The van der Waals surface area contributed by atoms with Crippen LogP contribution in [0.1, 0.15) is 5.56 Å². The maximum Gasteiger partial charge on any atom is 0.416 e. The number of hydrogen-bond acceptors (Lipinski definition) is 2. The van der Waals surface area contributed by atoms with E-state index in [0.717, 1.165) is 12.1 Å². The zero-order valence-electron chi connectivity index (χ0n) is 8.45. The first-order chi connectivity index (χ1) is 7.97. The van der Waals surface area contributed by atoms with Crippen LogP contribution in [0.5, 0.6) is 0 Å². The fourth-order valence-electron chi connectivity index (χ4n) is 1.36. The molecule has 0 amide bonds. The van der Waals surface area contributed by atoms with Crippen LogP contribution in [-0.2, 0) is 6.18 Å². The summed E-state index contributed by atoms with van der Waals surface area (Å²) < 4.78 is 37.4. The van der Waals surface area contributed by atoms with E-state index in [9.17, 15) is 18.0 Å². The SMILES string of the molecule is O=c1ccc(-c2cccc(C(F)(F)F)c2)n[nH]1. The molecule has 0 spiro atoms. The van der Waals surface area contributed by atoms with Crippen LogP contribution in [-0.4, -0.2) is 10.2 Å². The number of benzene rings is 1. The number of nitrogens with zero attached hydrogens (tertiary/aromatic N) is 1. The summed E-state index contributed by atoms with van der Waals surface area (Å²) >= 11 is 0. The Kier molecular flexibility index (Phi) is 2.71. The van der Waals surface area contributed by atoms with Crippen LogP contribution >= 0.6 is 0 Å². The van der Waals surface area contributed by atoms with Gasteiger partial charge in [-0.3, -0.25) is 4.79 Å². The predicted octanol–water partition coefficient (Wildman–Crippen LogP) is 2.46. The highest BCUT2D eigenvalue weighted by Gasteiger charge is 2.30. The minimum absolute atomic E-state index is 0.288. The Morgan fingerprint density at radius 1 is 1.12 bits per heavy atom. The first kappa shape index (κ1) is 11.4. The Hall–Kier alpha value is -2.11. The third kappa shape index (κ3) is 2.52. The zero-order valence-corrected chi connectivity index (χ0v) is 8.45. The van der Waals surface area contributed by atoms with Crippen molar-refractivity contribution in [3.63, 3.8) is 0 Å². The lowest BCUT2D eigenvalue weighted by atomic mass is 10.1. The van der Waals surface area contributed by atoms with E-state index in [1.54, 1.807) is 0 Å². The van der Waals surface area contributed by atoms with Crippen LogP contribution in [0, 0.1) is 0 Å². The number of hydrogen-bond donors (Lipinski definition) is 1. The van der Waals surface area contributed by atoms with E-state index in [1.165, 1.54) is 24.3 Å². The van der Waals surface area contributed by atoms with Gasteiger partial charge in [0.15, 0.2) is 0 Å². The van der Waals surface area contributed by atoms with Crippen molar-refractivity contribution in [2.45, 2.75) is 6.18 Å². The molecule has 0 bridgehead atoms. The number of alkyl halides is 3. The number of rotatable bonds is 1. The van der Waals surface area contributed by atoms with Crippen molar-refractivity contribution in [2.75, 3.05) is 0 Å². The van der Waals surface area contributed by atoms with Crippen molar-refractivity contribution < 1.29 is 13.2 Å². The fourth-order valence-corrected chi connectivity index (χ4v) is 1.36. The van der Waals surface area contributed by atoms with Gasteiger partial charge in [0.05, 0.1) is 11.3 Å². The molecule has 2 aromatic rings. The van der Waals surface area contributed by atoms with Gasteiger partial charge in [-0.2, -0.15) is 18.3 Å². The zero-order chi connectivity index (χ0) is 12.5. The van der Waals surface area contributed by atoms with E-state index in [1.807, 2.05) is 0 Å². The Morgan fingerprint density at radius 2 is 1.88 bits per heavy atom. The number of halogens is 3. The van der Waals surface area contributed by atoms with Gasteiger partial charge in [-0.15, -0.1) is 0 Å². The van der Waals surface area contributed by atoms with E-state index in [-0.39, 0.29) is 5.69 Å². The molecule has 0 atom stereocenters. The van der Waals surface area contributed by atoms with Gasteiger partial charge in [-0.1, -0.05) is 12.1 Å². The minimum Gasteiger partial charge on any atom is -0.268 e. The summed E-state index contributed by atoms with van der Waals surface area (Å²) in [6.45, 7) is 0. The normalized spacial score (nSPS) is 11.5. The highest BCUT2D eigenvalue weighted by atomic mass is 19.4. The molecule has 1 heterocycles. The molecule has 3 nitrogen and oxygen atoms in total. The van der Waals surface area contributed by atoms with Gasteiger partial charge in [0.2, 0.25) is 0 Å². The van der Waals surface area contributed by atoms with Crippen molar-refractivity contribution in [3.05, 3.63) is 52.3 Å². The molecular weight excluding hydrogens is 233 g/mol. The topological polar surface area (TPSA) is 45.8 Å². The molecule has 0 fully saturated rings. The second-order valence-electron chi connectivity index (χ2n) is 3.38. The summed E-state index contributed by atoms with van der Waals surface area (Å²) in [6.07, 6.45) is -4.39. The number of nitrogens with one attached hydrogen (secondary N) is 1. The molecule has 0 saturated carbocycles. The number of aromatic amines is 1. The number of aromatic nitrogens is 2. The molecule has 0 aliphatic rings. The molecule has 0 radical (unpaired) electrons. The highest BCUT2D eigenvalue weighted by molar-refractivity contribution is 5.59. The first-order valence-corrected chi connectivity index (χ1v) is 4.70. The lowest BCUT2D eigenvalue weighted by Crippen LogP contribution is -2.07. The summed E-state index contributed by atoms with van der Waals surface area (Å²) in [4.78, 5) is 10.8. The summed E-state index contributed by atoms with van der Waals surface area (Å²) in [5.41, 5.74) is -0.560. The van der Waals surface area contributed by atoms with Gasteiger partial charge in [0, 0.05) is 11.6 Å². The Labute approximate surface area is 93.9 Å². The largest absolute Gasteiger partial charge is 0.416 e. The van der Waals surface area contributed by atoms with Gasteiger partial charge in [0.1, 0.15) is 0 Å². The second kappa shape index (κ2) is 4.04. The molecule has 0 unspecified atom stereocenters. The van der Waals surface area contributed by atoms with Gasteiger partial charge in [0.25, 0.3) is 5.56 Å². The molecule has 2 rings (SSSR count). The Bertz CT molecular complexity index is 569. The van der Waals surface area contributed by atoms with Crippen molar-refractivity contribution in [1.29, 1.82) is 0 Å².